The molecule has 1 rings (SSSR count). The molecule has 0 bridgehead atoms. The van der Waals surface area contributed by atoms with Crippen molar-refractivity contribution in [1.29, 1.82) is 0 Å². The molecule has 2 N–H and O–H groups in total. The molecular weight excluding hydrogens is 304 g/mol. The molecule has 96 valence electrons. The Balaban J connectivity index is 2.68. The number of rotatable bonds is 6. The van der Waals surface area contributed by atoms with Crippen LogP contribution in [0.2, 0.25) is 5.02 Å². The van der Waals surface area contributed by atoms with Crippen molar-refractivity contribution >= 4 is 27.5 Å². The van der Waals surface area contributed by atoms with Crippen LogP contribution < -0.4 is 5.32 Å². The van der Waals surface area contributed by atoms with Crippen LogP contribution in [0.5, 0.6) is 0 Å². The Bertz CT molecular complexity index is 360. The van der Waals surface area contributed by atoms with Gasteiger partial charge in [-0.15, -0.1) is 0 Å². The van der Waals surface area contributed by atoms with Gasteiger partial charge < -0.3 is 15.3 Å². The van der Waals surface area contributed by atoms with E-state index in [2.05, 4.69) is 26.1 Å². The van der Waals surface area contributed by atoms with E-state index < -0.39 is 0 Å². The van der Waals surface area contributed by atoms with E-state index in [4.69, 9.17) is 11.6 Å². The van der Waals surface area contributed by atoms with Gasteiger partial charge in [0.25, 0.3) is 0 Å². The van der Waals surface area contributed by atoms with E-state index in [1.807, 2.05) is 32.3 Å². The molecule has 0 fully saturated rings. The highest BCUT2D eigenvalue weighted by Crippen LogP contribution is 2.26. The summed E-state index contributed by atoms with van der Waals surface area (Å²) in [6.45, 7) is 1.76. The molecule has 0 radical (unpaired) electrons. The third-order valence-electron chi connectivity index (χ3n) is 2.47. The number of halogens is 2. The second-order valence-electron chi connectivity index (χ2n) is 4.16. The van der Waals surface area contributed by atoms with Crippen LogP contribution in [0.25, 0.3) is 0 Å². The first-order valence-corrected chi connectivity index (χ1v) is 6.65. The zero-order valence-electron chi connectivity index (χ0n) is 10.1. The molecule has 0 heterocycles. The van der Waals surface area contributed by atoms with Crippen LogP contribution >= 0.6 is 27.5 Å². The zero-order chi connectivity index (χ0) is 12.8. The minimum absolute atomic E-state index is 0.0314. The Labute approximate surface area is 116 Å². The predicted octanol–water partition coefficient (Wildman–Crippen LogP) is 2.29. The fraction of sp³-hybridized carbons (Fsp3) is 0.500. The van der Waals surface area contributed by atoms with E-state index in [-0.39, 0.29) is 12.6 Å². The second kappa shape index (κ2) is 7.34. The Hall–Kier alpha value is -0.130. The SMILES string of the molecule is CN(C)CCNC(CO)c1cc(Br)ccc1Cl. The minimum Gasteiger partial charge on any atom is -0.394 e. The van der Waals surface area contributed by atoms with Crippen molar-refractivity contribution in [2.45, 2.75) is 6.04 Å². The average Bonchev–Trinajstić information content (AvgIpc) is 2.28. The number of hydrogen-bond donors (Lipinski definition) is 2. The van der Waals surface area contributed by atoms with Gasteiger partial charge in [0.15, 0.2) is 0 Å². The number of nitrogens with one attached hydrogen (secondary N) is 1. The van der Waals surface area contributed by atoms with Crippen molar-refractivity contribution in [1.82, 2.24) is 10.2 Å². The normalized spacial score (nSPS) is 13.1. The summed E-state index contributed by atoms with van der Waals surface area (Å²) in [4.78, 5) is 2.09. The molecule has 0 aromatic heterocycles. The van der Waals surface area contributed by atoms with Gasteiger partial charge in [-0.25, -0.2) is 0 Å². The summed E-state index contributed by atoms with van der Waals surface area (Å²) in [7, 11) is 4.03. The van der Waals surface area contributed by atoms with Crippen molar-refractivity contribution in [3.8, 4) is 0 Å². The van der Waals surface area contributed by atoms with Gasteiger partial charge in [-0.3, -0.25) is 0 Å². The number of benzene rings is 1. The Morgan fingerprint density at radius 1 is 1.47 bits per heavy atom. The molecule has 0 amide bonds. The summed E-state index contributed by atoms with van der Waals surface area (Å²) < 4.78 is 0.963. The van der Waals surface area contributed by atoms with Crippen molar-refractivity contribution in [3.63, 3.8) is 0 Å². The molecule has 1 atom stereocenters. The molecule has 0 saturated heterocycles. The standard InChI is InChI=1S/C12H18BrClN2O/c1-16(2)6-5-15-12(8-17)10-7-9(13)3-4-11(10)14/h3-4,7,12,15,17H,5-6,8H2,1-2H3. The Morgan fingerprint density at radius 2 is 2.18 bits per heavy atom. The van der Waals surface area contributed by atoms with E-state index in [9.17, 15) is 5.11 Å². The third kappa shape index (κ3) is 4.94. The number of nitrogens with zero attached hydrogens (tertiary/aromatic N) is 1. The van der Waals surface area contributed by atoms with Crippen LogP contribution in [-0.2, 0) is 0 Å². The van der Waals surface area contributed by atoms with Crippen LogP contribution in [-0.4, -0.2) is 43.8 Å². The van der Waals surface area contributed by atoms with Crippen molar-refractivity contribution in [2.75, 3.05) is 33.8 Å². The summed E-state index contributed by atoms with van der Waals surface area (Å²) >= 11 is 9.54. The molecule has 3 nitrogen and oxygen atoms in total. The minimum atomic E-state index is -0.125. The van der Waals surface area contributed by atoms with Crippen LogP contribution in [0, 0.1) is 0 Å². The largest absolute Gasteiger partial charge is 0.394 e. The Kier molecular flexibility index (Phi) is 6.44. The number of likely N-dealkylation sites (N-methyl/N-ethyl adjacent to an activating group) is 1. The predicted molar refractivity (Wildman–Crippen MR) is 75.5 cm³/mol. The summed E-state index contributed by atoms with van der Waals surface area (Å²) in [5.74, 6) is 0. The topological polar surface area (TPSA) is 35.5 Å². The van der Waals surface area contributed by atoms with Gasteiger partial charge in [-0.1, -0.05) is 27.5 Å². The van der Waals surface area contributed by atoms with Crippen molar-refractivity contribution in [3.05, 3.63) is 33.3 Å². The maximum absolute atomic E-state index is 9.41. The maximum Gasteiger partial charge on any atom is 0.0627 e. The fourth-order valence-electron chi connectivity index (χ4n) is 1.52. The van der Waals surface area contributed by atoms with Gasteiger partial charge in [0.05, 0.1) is 12.6 Å². The number of aliphatic hydroxyl groups is 1. The van der Waals surface area contributed by atoms with Gasteiger partial charge in [-0.2, -0.15) is 0 Å². The van der Waals surface area contributed by atoms with E-state index in [1.54, 1.807) is 0 Å². The van der Waals surface area contributed by atoms with Gasteiger partial charge in [0.2, 0.25) is 0 Å². The first-order valence-electron chi connectivity index (χ1n) is 5.48. The zero-order valence-corrected chi connectivity index (χ0v) is 12.4. The van der Waals surface area contributed by atoms with Crippen LogP contribution in [0.4, 0.5) is 0 Å². The maximum atomic E-state index is 9.41. The van der Waals surface area contributed by atoms with Gasteiger partial charge in [0.1, 0.15) is 0 Å². The molecule has 1 aromatic carbocycles. The van der Waals surface area contributed by atoms with Gasteiger partial charge in [-0.05, 0) is 37.9 Å². The molecule has 17 heavy (non-hydrogen) atoms. The lowest BCUT2D eigenvalue weighted by atomic mass is 10.1. The van der Waals surface area contributed by atoms with E-state index in [0.717, 1.165) is 23.1 Å². The molecule has 5 heteroatoms. The lowest BCUT2D eigenvalue weighted by molar-refractivity contribution is 0.240. The monoisotopic (exact) mass is 320 g/mol. The molecule has 1 unspecified atom stereocenters. The lowest BCUT2D eigenvalue weighted by Crippen LogP contribution is -2.31. The van der Waals surface area contributed by atoms with Crippen molar-refractivity contribution in [2.24, 2.45) is 0 Å². The van der Waals surface area contributed by atoms with Crippen LogP contribution in [0.1, 0.15) is 11.6 Å². The fourth-order valence-corrected chi connectivity index (χ4v) is 2.14. The smallest absolute Gasteiger partial charge is 0.0627 e. The first kappa shape index (κ1) is 14.9. The lowest BCUT2D eigenvalue weighted by Gasteiger charge is -2.19. The van der Waals surface area contributed by atoms with Crippen molar-refractivity contribution < 1.29 is 5.11 Å². The quantitative estimate of drug-likeness (QED) is 0.844. The highest BCUT2D eigenvalue weighted by atomic mass is 79.9. The number of aliphatic hydroxyl groups excluding tert-OH is 1. The summed E-state index contributed by atoms with van der Waals surface area (Å²) in [6, 6.07) is 5.53. The second-order valence-corrected chi connectivity index (χ2v) is 5.48. The molecule has 0 aliphatic rings. The van der Waals surface area contributed by atoms with Crippen LogP contribution in [0.3, 0.4) is 0 Å². The molecule has 0 spiro atoms. The summed E-state index contributed by atoms with van der Waals surface area (Å²) in [5.41, 5.74) is 0.919. The first-order chi connectivity index (χ1) is 8.04. The highest BCUT2D eigenvalue weighted by Gasteiger charge is 2.13. The van der Waals surface area contributed by atoms with E-state index >= 15 is 0 Å². The van der Waals surface area contributed by atoms with Gasteiger partial charge >= 0.3 is 0 Å². The molecule has 0 aliphatic heterocycles. The summed E-state index contributed by atoms with van der Waals surface area (Å²) in [5, 5.41) is 13.4. The molecule has 0 aliphatic carbocycles. The highest BCUT2D eigenvalue weighted by molar-refractivity contribution is 9.10. The summed E-state index contributed by atoms with van der Waals surface area (Å²) in [6.07, 6.45) is 0. The van der Waals surface area contributed by atoms with E-state index in [1.165, 1.54) is 0 Å². The van der Waals surface area contributed by atoms with Crippen LogP contribution in [0.15, 0.2) is 22.7 Å². The van der Waals surface area contributed by atoms with Gasteiger partial charge in [0, 0.05) is 22.6 Å². The Morgan fingerprint density at radius 3 is 2.76 bits per heavy atom. The number of hydrogen-bond acceptors (Lipinski definition) is 3. The van der Waals surface area contributed by atoms with E-state index in [0.29, 0.717) is 5.02 Å². The average molecular weight is 322 g/mol. The molecular formula is C12H18BrClN2O. The third-order valence-corrected chi connectivity index (χ3v) is 3.30. The molecule has 0 saturated carbocycles. The molecule has 1 aromatic rings.